The number of carbonyl (C=O) groups excluding carboxylic acids is 1. The molecule has 2 nitrogen and oxygen atoms in total. The number of para-hydroxylation sites is 1. The van der Waals surface area contributed by atoms with E-state index in [-0.39, 0.29) is 23.4 Å². The smallest absolute Gasteiger partial charge is 0.325 e. The lowest BCUT2D eigenvalue weighted by Gasteiger charge is -2.13. The van der Waals surface area contributed by atoms with Crippen molar-refractivity contribution in [1.29, 1.82) is 0 Å². The van der Waals surface area contributed by atoms with Gasteiger partial charge in [-0.25, -0.2) is 0 Å². The van der Waals surface area contributed by atoms with Crippen LogP contribution in [0.5, 0.6) is 0 Å². The minimum atomic E-state index is -4.48. The second kappa shape index (κ2) is 5.48. The summed E-state index contributed by atoms with van der Waals surface area (Å²) in [7, 11) is 0. The SMILES string of the molecule is O=C(Nc1ccccc1C(F)(F)F)[C@@H]1C[C@H]1c1ccccc1. The zero-order valence-electron chi connectivity index (χ0n) is 11.6. The number of rotatable bonds is 3. The predicted molar refractivity (Wildman–Crippen MR) is 77.4 cm³/mol. The number of hydrogen-bond donors (Lipinski definition) is 1. The highest BCUT2D eigenvalue weighted by molar-refractivity contribution is 5.96. The van der Waals surface area contributed by atoms with Crippen molar-refractivity contribution in [3.8, 4) is 0 Å². The molecule has 2 atom stereocenters. The van der Waals surface area contributed by atoms with E-state index < -0.39 is 11.7 Å². The van der Waals surface area contributed by atoms with Crippen LogP contribution in [0.3, 0.4) is 0 Å². The summed E-state index contributed by atoms with van der Waals surface area (Å²) >= 11 is 0. The van der Waals surface area contributed by atoms with Gasteiger partial charge in [-0.2, -0.15) is 13.2 Å². The molecular formula is C17H14F3NO. The molecule has 2 aromatic carbocycles. The molecule has 5 heteroatoms. The second-order valence-electron chi connectivity index (χ2n) is 5.39. The van der Waals surface area contributed by atoms with E-state index in [2.05, 4.69) is 5.32 Å². The Labute approximate surface area is 126 Å². The Morgan fingerprint density at radius 1 is 1.00 bits per heavy atom. The molecular weight excluding hydrogens is 291 g/mol. The lowest BCUT2D eigenvalue weighted by atomic mass is 10.1. The molecule has 22 heavy (non-hydrogen) atoms. The number of benzene rings is 2. The number of amides is 1. The molecule has 3 rings (SSSR count). The Balaban J connectivity index is 1.72. The summed E-state index contributed by atoms with van der Waals surface area (Å²) in [6.45, 7) is 0. The fraction of sp³-hybridized carbons (Fsp3) is 0.235. The third-order valence-electron chi connectivity index (χ3n) is 3.85. The Bertz CT molecular complexity index is 682. The van der Waals surface area contributed by atoms with E-state index >= 15 is 0 Å². The first-order valence-electron chi connectivity index (χ1n) is 6.99. The van der Waals surface area contributed by atoms with Gasteiger partial charge in [0.25, 0.3) is 0 Å². The van der Waals surface area contributed by atoms with Gasteiger partial charge in [-0.05, 0) is 30.0 Å². The molecule has 1 amide bonds. The molecule has 0 aromatic heterocycles. The maximum atomic E-state index is 12.9. The first-order valence-corrected chi connectivity index (χ1v) is 6.99. The van der Waals surface area contributed by atoms with Gasteiger partial charge < -0.3 is 5.32 Å². The summed E-state index contributed by atoms with van der Waals surface area (Å²) in [5.74, 6) is -0.520. The van der Waals surface area contributed by atoms with Crippen LogP contribution < -0.4 is 5.32 Å². The molecule has 0 spiro atoms. The first kappa shape index (κ1) is 14.6. The average molecular weight is 305 g/mol. The Morgan fingerprint density at radius 3 is 2.32 bits per heavy atom. The predicted octanol–water partition coefficient (Wildman–Crippen LogP) is 4.45. The van der Waals surface area contributed by atoms with E-state index in [1.54, 1.807) is 0 Å². The van der Waals surface area contributed by atoms with Crippen LogP contribution in [0.25, 0.3) is 0 Å². The summed E-state index contributed by atoms with van der Waals surface area (Å²) in [5, 5.41) is 2.42. The molecule has 1 aliphatic rings. The van der Waals surface area contributed by atoms with E-state index in [1.165, 1.54) is 18.2 Å². The molecule has 2 aromatic rings. The van der Waals surface area contributed by atoms with Gasteiger partial charge in [0.1, 0.15) is 0 Å². The zero-order valence-corrected chi connectivity index (χ0v) is 11.6. The van der Waals surface area contributed by atoms with Gasteiger partial charge in [-0.3, -0.25) is 4.79 Å². The summed E-state index contributed by atoms with van der Waals surface area (Å²) in [4.78, 5) is 12.2. The molecule has 114 valence electrons. The van der Waals surface area contributed by atoms with E-state index in [0.29, 0.717) is 6.42 Å². The monoisotopic (exact) mass is 305 g/mol. The molecule has 0 heterocycles. The van der Waals surface area contributed by atoms with Crippen LogP contribution in [0, 0.1) is 5.92 Å². The Morgan fingerprint density at radius 2 is 1.64 bits per heavy atom. The fourth-order valence-electron chi connectivity index (χ4n) is 2.62. The largest absolute Gasteiger partial charge is 0.418 e. The molecule has 1 saturated carbocycles. The number of carbonyl (C=O) groups is 1. The maximum absolute atomic E-state index is 12.9. The van der Waals surface area contributed by atoms with E-state index in [4.69, 9.17) is 0 Å². The van der Waals surface area contributed by atoms with Crippen molar-refractivity contribution in [1.82, 2.24) is 0 Å². The molecule has 1 fully saturated rings. The van der Waals surface area contributed by atoms with Gasteiger partial charge in [0.05, 0.1) is 11.3 Å². The van der Waals surface area contributed by atoms with Crippen molar-refractivity contribution in [3.63, 3.8) is 0 Å². The van der Waals surface area contributed by atoms with E-state index in [0.717, 1.165) is 11.6 Å². The molecule has 0 aliphatic heterocycles. The summed E-state index contributed by atoms with van der Waals surface area (Å²) in [6, 6.07) is 14.6. The molecule has 0 bridgehead atoms. The molecule has 1 aliphatic carbocycles. The third-order valence-corrected chi connectivity index (χ3v) is 3.85. The number of alkyl halides is 3. The van der Waals surface area contributed by atoms with Gasteiger partial charge in [-0.15, -0.1) is 0 Å². The number of hydrogen-bond acceptors (Lipinski definition) is 1. The highest BCUT2D eigenvalue weighted by Crippen LogP contribution is 2.48. The minimum Gasteiger partial charge on any atom is -0.325 e. The topological polar surface area (TPSA) is 29.1 Å². The Kier molecular flexibility index (Phi) is 3.64. The third kappa shape index (κ3) is 2.98. The number of nitrogens with one attached hydrogen (secondary N) is 1. The van der Waals surface area contributed by atoms with Crippen LogP contribution in [-0.4, -0.2) is 5.91 Å². The lowest BCUT2D eigenvalue weighted by molar-refractivity contribution is -0.137. The van der Waals surface area contributed by atoms with Crippen molar-refractivity contribution >= 4 is 11.6 Å². The van der Waals surface area contributed by atoms with E-state index in [1.807, 2.05) is 30.3 Å². The lowest BCUT2D eigenvalue weighted by Crippen LogP contribution is -2.18. The zero-order chi connectivity index (χ0) is 15.7. The van der Waals surface area contributed by atoms with Crippen LogP contribution in [0.2, 0.25) is 0 Å². The number of anilines is 1. The van der Waals surface area contributed by atoms with Crippen LogP contribution >= 0.6 is 0 Å². The number of halogens is 3. The maximum Gasteiger partial charge on any atom is 0.418 e. The Hall–Kier alpha value is -2.30. The standard InChI is InChI=1S/C17H14F3NO/c18-17(19,20)14-8-4-5-9-15(14)21-16(22)13-10-12(13)11-6-2-1-3-7-11/h1-9,12-13H,10H2,(H,21,22)/t12-,13+/m0/s1. The van der Waals surface area contributed by atoms with Crippen molar-refractivity contribution in [2.45, 2.75) is 18.5 Å². The molecule has 0 unspecified atom stereocenters. The highest BCUT2D eigenvalue weighted by atomic mass is 19.4. The summed E-state index contributed by atoms with van der Waals surface area (Å²) < 4.78 is 38.7. The minimum absolute atomic E-state index is 0.0965. The van der Waals surface area contributed by atoms with Gasteiger partial charge in [-0.1, -0.05) is 42.5 Å². The molecule has 0 saturated heterocycles. The van der Waals surface area contributed by atoms with Crippen molar-refractivity contribution in [2.75, 3.05) is 5.32 Å². The van der Waals surface area contributed by atoms with Crippen molar-refractivity contribution in [3.05, 3.63) is 65.7 Å². The summed E-state index contributed by atoms with van der Waals surface area (Å²) in [6.07, 6.45) is -3.81. The van der Waals surface area contributed by atoms with Gasteiger partial charge in [0, 0.05) is 5.92 Å². The van der Waals surface area contributed by atoms with Crippen LogP contribution in [0.15, 0.2) is 54.6 Å². The van der Waals surface area contributed by atoms with Crippen LogP contribution in [0.1, 0.15) is 23.5 Å². The van der Waals surface area contributed by atoms with Crippen molar-refractivity contribution < 1.29 is 18.0 Å². The van der Waals surface area contributed by atoms with Gasteiger partial charge in [0.15, 0.2) is 0 Å². The normalized spacial score (nSPS) is 20.5. The van der Waals surface area contributed by atoms with Gasteiger partial charge in [0.2, 0.25) is 5.91 Å². The van der Waals surface area contributed by atoms with Crippen molar-refractivity contribution in [2.24, 2.45) is 5.92 Å². The first-order chi connectivity index (χ1) is 10.5. The molecule has 1 N–H and O–H groups in total. The van der Waals surface area contributed by atoms with Crippen LogP contribution in [-0.2, 0) is 11.0 Å². The van der Waals surface area contributed by atoms with Gasteiger partial charge >= 0.3 is 6.18 Å². The summed E-state index contributed by atoms with van der Waals surface area (Å²) in [5.41, 5.74) is 0.0470. The van der Waals surface area contributed by atoms with Crippen LogP contribution in [0.4, 0.5) is 18.9 Å². The average Bonchev–Trinajstić information content (AvgIpc) is 3.28. The van der Waals surface area contributed by atoms with E-state index in [9.17, 15) is 18.0 Å². The molecule has 0 radical (unpaired) electrons. The second-order valence-corrected chi connectivity index (χ2v) is 5.39. The quantitative estimate of drug-likeness (QED) is 0.892. The fourth-order valence-corrected chi connectivity index (χ4v) is 2.62. The highest BCUT2D eigenvalue weighted by Gasteiger charge is 2.44.